The average Bonchev–Trinajstić information content (AvgIpc) is 3.00. The van der Waals surface area contributed by atoms with Gasteiger partial charge >= 0.3 is 11.8 Å². The second-order valence-corrected chi connectivity index (χ2v) is 7.80. The zero-order valence-corrected chi connectivity index (χ0v) is 14.7. The number of hydrogen-bond donors (Lipinski definition) is 2. The number of amides is 2. The van der Waals surface area contributed by atoms with Gasteiger partial charge in [0, 0.05) is 31.2 Å². The maximum absolute atomic E-state index is 12.0. The number of anilines is 2. The molecule has 0 bridgehead atoms. The molecule has 9 heteroatoms. The van der Waals surface area contributed by atoms with E-state index in [-0.39, 0.29) is 12.3 Å². The summed E-state index contributed by atoms with van der Waals surface area (Å²) < 4.78 is 25.3. The molecule has 0 aliphatic carbocycles. The molecule has 1 fully saturated rings. The van der Waals surface area contributed by atoms with E-state index in [4.69, 9.17) is 0 Å². The van der Waals surface area contributed by atoms with Gasteiger partial charge in [0.1, 0.15) is 0 Å². The molecule has 2 heterocycles. The zero-order valence-electron chi connectivity index (χ0n) is 13.9. The van der Waals surface area contributed by atoms with Crippen LogP contribution in [0, 0.1) is 0 Å². The van der Waals surface area contributed by atoms with Crippen LogP contribution in [0.25, 0.3) is 0 Å². The predicted octanol–water partition coefficient (Wildman–Crippen LogP) is 0.876. The van der Waals surface area contributed by atoms with Crippen molar-refractivity contribution in [1.29, 1.82) is 0 Å². The Balaban J connectivity index is 1.62. The van der Waals surface area contributed by atoms with Crippen molar-refractivity contribution in [2.45, 2.75) is 13.0 Å². The van der Waals surface area contributed by atoms with Gasteiger partial charge in [-0.25, -0.2) is 8.42 Å². The van der Waals surface area contributed by atoms with Crippen molar-refractivity contribution in [3.05, 3.63) is 54.4 Å². The van der Waals surface area contributed by atoms with Gasteiger partial charge in [0.05, 0.1) is 11.4 Å². The highest BCUT2D eigenvalue weighted by Gasteiger charge is 2.28. The summed E-state index contributed by atoms with van der Waals surface area (Å²) in [5.74, 6) is -1.50. The normalized spacial score (nSPS) is 15.5. The molecule has 1 aromatic heterocycles. The van der Waals surface area contributed by atoms with E-state index in [0.717, 1.165) is 5.56 Å². The minimum Gasteiger partial charge on any atom is -0.344 e. The number of carbonyl (C=O) groups is 2. The summed E-state index contributed by atoms with van der Waals surface area (Å²) in [6, 6.07) is 9.94. The lowest BCUT2D eigenvalue weighted by Crippen LogP contribution is -2.35. The fourth-order valence-electron chi connectivity index (χ4n) is 2.62. The van der Waals surface area contributed by atoms with Crippen molar-refractivity contribution in [2.75, 3.05) is 21.9 Å². The van der Waals surface area contributed by atoms with Crippen molar-refractivity contribution in [2.24, 2.45) is 0 Å². The highest BCUT2D eigenvalue weighted by atomic mass is 32.2. The molecule has 2 aromatic rings. The van der Waals surface area contributed by atoms with Gasteiger partial charge in [0.2, 0.25) is 10.0 Å². The molecule has 1 aliphatic heterocycles. The minimum absolute atomic E-state index is 0.111. The van der Waals surface area contributed by atoms with Crippen molar-refractivity contribution in [3.8, 4) is 0 Å². The molecule has 0 saturated carbocycles. The van der Waals surface area contributed by atoms with Crippen LogP contribution in [0.3, 0.4) is 0 Å². The molecular formula is C17H18N4O4S. The first-order chi connectivity index (χ1) is 12.5. The Hall–Kier alpha value is -2.94. The first-order valence-electron chi connectivity index (χ1n) is 8.04. The van der Waals surface area contributed by atoms with E-state index < -0.39 is 21.8 Å². The van der Waals surface area contributed by atoms with E-state index in [1.54, 1.807) is 42.7 Å². The zero-order chi connectivity index (χ0) is 18.6. The highest BCUT2D eigenvalue weighted by molar-refractivity contribution is 7.93. The molecule has 0 radical (unpaired) electrons. The summed E-state index contributed by atoms with van der Waals surface area (Å²) in [5, 5.41) is 4.99. The average molecular weight is 374 g/mol. The Labute approximate surface area is 151 Å². The fraction of sp³-hybridized carbons (Fsp3) is 0.235. The van der Waals surface area contributed by atoms with Crippen LogP contribution in [0.5, 0.6) is 0 Å². The maximum Gasteiger partial charge on any atom is 0.313 e. The van der Waals surface area contributed by atoms with Crippen LogP contribution < -0.4 is 14.9 Å². The number of nitrogens with one attached hydrogen (secondary N) is 2. The summed E-state index contributed by atoms with van der Waals surface area (Å²) >= 11 is 0. The second-order valence-electron chi connectivity index (χ2n) is 5.79. The van der Waals surface area contributed by atoms with Crippen LogP contribution in [0.4, 0.5) is 11.4 Å². The quantitative estimate of drug-likeness (QED) is 0.772. The number of sulfonamides is 1. The predicted molar refractivity (Wildman–Crippen MR) is 96.9 cm³/mol. The summed E-state index contributed by atoms with van der Waals surface area (Å²) in [6.45, 7) is 0.595. The number of rotatable bonds is 4. The van der Waals surface area contributed by atoms with E-state index in [0.29, 0.717) is 24.3 Å². The monoisotopic (exact) mass is 374 g/mol. The molecule has 1 aliphatic rings. The third kappa shape index (κ3) is 4.17. The van der Waals surface area contributed by atoms with Gasteiger partial charge in [-0.3, -0.25) is 18.9 Å². The third-order valence-electron chi connectivity index (χ3n) is 3.87. The van der Waals surface area contributed by atoms with Gasteiger partial charge < -0.3 is 10.6 Å². The standard InChI is InChI=1S/C17H18N4O4S/c22-16(19-12-13-4-2-7-18-11-13)17(23)20-14-5-1-6-15(10-14)21-8-3-9-26(21,24)25/h1-2,4-7,10-11H,3,8-9,12H2,(H,19,22)(H,20,23). The van der Waals surface area contributed by atoms with Gasteiger partial charge in [-0.1, -0.05) is 12.1 Å². The number of benzene rings is 1. The molecule has 0 spiro atoms. The van der Waals surface area contributed by atoms with Gasteiger partial charge in [0.25, 0.3) is 0 Å². The lowest BCUT2D eigenvalue weighted by molar-refractivity contribution is -0.136. The topological polar surface area (TPSA) is 108 Å². The molecular weight excluding hydrogens is 356 g/mol. The molecule has 0 atom stereocenters. The Bertz CT molecular complexity index is 915. The van der Waals surface area contributed by atoms with Gasteiger partial charge in [-0.05, 0) is 36.2 Å². The van der Waals surface area contributed by atoms with Crippen LogP contribution in [-0.2, 0) is 26.2 Å². The largest absolute Gasteiger partial charge is 0.344 e. The number of hydrogen-bond acceptors (Lipinski definition) is 5. The van der Waals surface area contributed by atoms with Crippen LogP contribution >= 0.6 is 0 Å². The summed E-state index contributed by atoms with van der Waals surface area (Å²) in [6.07, 6.45) is 3.78. The second kappa shape index (κ2) is 7.52. The van der Waals surface area contributed by atoms with E-state index >= 15 is 0 Å². The first kappa shape index (κ1) is 17.9. The molecule has 2 N–H and O–H groups in total. The number of nitrogens with zero attached hydrogens (tertiary/aromatic N) is 2. The minimum atomic E-state index is -3.31. The molecule has 2 amide bonds. The van der Waals surface area contributed by atoms with Gasteiger partial charge in [-0.15, -0.1) is 0 Å². The summed E-state index contributed by atoms with van der Waals surface area (Å²) in [7, 11) is -3.31. The van der Waals surface area contributed by atoms with Crippen LogP contribution in [0.1, 0.15) is 12.0 Å². The summed E-state index contributed by atoms with van der Waals surface area (Å²) in [4.78, 5) is 27.9. The lowest BCUT2D eigenvalue weighted by Gasteiger charge is -2.17. The van der Waals surface area contributed by atoms with Gasteiger partial charge in [-0.2, -0.15) is 0 Å². The Kier molecular flexibility index (Phi) is 5.17. The molecule has 26 heavy (non-hydrogen) atoms. The van der Waals surface area contributed by atoms with Crippen molar-refractivity contribution in [1.82, 2.24) is 10.3 Å². The van der Waals surface area contributed by atoms with Crippen LogP contribution in [0.15, 0.2) is 48.8 Å². The van der Waals surface area contributed by atoms with Crippen molar-refractivity contribution >= 4 is 33.2 Å². The number of carbonyl (C=O) groups excluding carboxylic acids is 2. The Morgan fingerprint density at radius 2 is 2.00 bits per heavy atom. The molecule has 1 saturated heterocycles. The highest BCUT2D eigenvalue weighted by Crippen LogP contribution is 2.26. The maximum atomic E-state index is 12.0. The Morgan fingerprint density at radius 1 is 1.15 bits per heavy atom. The Morgan fingerprint density at radius 3 is 2.69 bits per heavy atom. The SMILES string of the molecule is O=C(NCc1cccnc1)C(=O)Nc1cccc(N2CCCS2(=O)=O)c1. The van der Waals surface area contributed by atoms with Gasteiger partial charge in [0.15, 0.2) is 0 Å². The third-order valence-corrected chi connectivity index (χ3v) is 5.74. The van der Waals surface area contributed by atoms with Crippen LogP contribution in [-0.4, -0.2) is 37.5 Å². The van der Waals surface area contributed by atoms with Crippen LogP contribution in [0.2, 0.25) is 0 Å². The molecule has 1 aromatic carbocycles. The molecule has 8 nitrogen and oxygen atoms in total. The van der Waals surface area contributed by atoms with Crippen molar-refractivity contribution < 1.29 is 18.0 Å². The molecule has 136 valence electrons. The number of aromatic nitrogens is 1. The van der Waals surface area contributed by atoms with Crippen molar-refractivity contribution in [3.63, 3.8) is 0 Å². The van der Waals surface area contributed by atoms with E-state index in [2.05, 4.69) is 15.6 Å². The fourth-order valence-corrected chi connectivity index (χ4v) is 4.18. The van der Waals surface area contributed by atoms with E-state index in [9.17, 15) is 18.0 Å². The smallest absolute Gasteiger partial charge is 0.313 e. The molecule has 3 rings (SSSR count). The number of pyridine rings is 1. The molecule has 0 unspecified atom stereocenters. The summed E-state index contributed by atoms with van der Waals surface area (Å²) in [5.41, 5.74) is 1.59. The lowest BCUT2D eigenvalue weighted by atomic mass is 10.2. The van der Waals surface area contributed by atoms with E-state index in [1.807, 2.05) is 0 Å². The van der Waals surface area contributed by atoms with E-state index in [1.165, 1.54) is 10.4 Å². The first-order valence-corrected chi connectivity index (χ1v) is 9.65.